The highest BCUT2D eigenvalue weighted by Crippen LogP contribution is 2.20. The van der Waals surface area contributed by atoms with Gasteiger partial charge in [-0.05, 0) is 24.3 Å². The Kier molecular flexibility index (Phi) is 5.74. The van der Waals surface area contributed by atoms with Crippen molar-refractivity contribution in [1.82, 2.24) is 15.3 Å². The number of ether oxygens (including phenoxy) is 1. The Morgan fingerprint density at radius 3 is 2.61 bits per heavy atom. The van der Waals surface area contributed by atoms with Gasteiger partial charge in [-0.2, -0.15) is 0 Å². The summed E-state index contributed by atoms with van der Waals surface area (Å²) in [5.41, 5.74) is 0.905. The Hall–Kier alpha value is -2.83. The molecule has 2 N–H and O–H groups in total. The van der Waals surface area contributed by atoms with Crippen molar-refractivity contribution in [2.75, 3.05) is 37.5 Å². The molecule has 1 aromatic heterocycles. The summed E-state index contributed by atoms with van der Waals surface area (Å²) in [5.74, 6) is 2.25. The molecule has 7 nitrogen and oxygen atoms in total. The Bertz CT molecular complexity index is 643. The molecule has 0 saturated carbocycles. The standard InChI is InChI=1S/C16H21N5O2/c1-12(22)17-8-9-23-14-6-4-13(5-7-14)20-15-10-16(21(2)3)19-11-18-15/h4-7,10-11H,8-9H2,1-3H3,(H,17,22)(H,18,19,20). The number of carbonyl (C=O) groups excluding carboxylic acids is 1. The van der Waals surface area contributed by atoms with Gasteiger partial charge in [-0.1, -0.05) is 0 Å². The molecule has 0 radical (unpaired) electrons. The molecule has 0 saturated heterocycles. The van der Waals surface area contributed by atoms with E-state index in [-0.39, 0.29) is 5.91 Å². The number of nitrogens with zero attached hydrogens (tertiary/aromatic N) is 3. The van der Waals surface area contributed by atoms with Gasteiger partial charge >= 0.3 is 0 Å². The summed E-state index contributed by atoms with van der Waals surface area (Å²) in [7, 11) is 3.86. The highest BCUT2D eigenvalue weighted by atomic mass is 16.5. The van der Waals surface area contributed by atoms with Crippen molar-refractivity contribution >= 4 is 23.2 Å². The van der Waals surface area contributed by atoms with E-state index in [4.69, 9.17) is 4.74 Å². The second kappa shape index (κ2) is 7.98. The molecule has 122 valence electrons. The smallest absolute Gasteiger partial charge is 0.216 e. The lowest BCUT2D eigenvalue weighted by Crippen LogP contribution is -2.25. The number of benzene rings is 1. The number of hydrogen-bond acceptors (Lipinski definition) is 6. The van der Waals surface area contributed by atoms with Gasteiger partial charge in [0.15, 0.2) is 0 Å². The maximum Gasteiger partial charge on any atom is 0.216 e. The van der Waals surface area contributed by atoms with Crippen LogP contribution >= 0.6 is 0 Å². The van der Waals surface area contributed by atoms with Gasteiger partial charge in [0.25, 0.3) is 0 Å². The van der Waals surface area contributed by atoms with Gasteiger partial charge < -0.3 is 20.3 Å². The third kappa shape index (κ3) is 5.46. The van der Waals surface area contributed by atoms with Crippen LogP contribution in [0, 0.1) is 0 Å². The van der Waals surface area contributed by atoms with Crippen LogP contribution in [0.2, 0.25) is 0 Å². The lowest BCUT2D eigenvalue weighted by molar-refractivity contribution is -0.119. The minimum atomic E-state index is -0.0601. The normalized spacial score (nSPS) is 10.0. The van der Waals surface area contributed by atoms with Gasteiger partial charge in [0.2, 0.25) is 5.91 Å². The Morgan fingerprint density at radius 2 is 1.96 bits per heavy atom. The van der Waals surface area contributed by atoms with E-state index in [1.54, 1.807) is 0 Å². The highest BCUT2D eigenvalue weighted by molar-refractivity contribution is 5.72. The third-order valence-electron chi connectivity index (χ3n) is 2.98. The molecule has 1 heterocycles. The molecule has 7 heteroatoms. The second-order valence-corrected chi connectivity index (χ2v) is 5.14. The van der Waals surface area contributed by atoms with E-state index < -0.39 is 0 Å². The molecule has 23 heavy (non-hydrogen) atoms. The molecule has 0 unspecified atom stereocenters. The fourth-order valence-corrected chi connectivity index (χ4v) is 1.84. The fraction of sp³-hybridized carbons (Fsp3) is 0.312. The molecular weight excluding hydrogens is 294 g/mol. The summed E-state index contributed by atoms with van der Waals surface area (Å²) in [6.07, 6.45) is 1.52. The van der Waals surface area contributed by atoms with Crippen LogP contribution in [-0.2, 0) is 4.79 Å². The molecule has 0 aliphatic heterocycles. The number of rotatable bonds is 7. The maximum atomic E-state index is 10.8. The fourth-order valence-electron chi connectivity index (χ4n) is 1.84. The van der Waals surface area contributed by atoms with Gasteiger partial charge in [0, 0.05) is 32.8 Å². The van der Waals surface area contributed by atoms with Crippen LogP contribution < -0.4 is 20.3 Å². The number of aromatic nitrogens is 2. The van der Waals surface area contributed by atoms with Crippen LogP contribution in [0.1, 0.15) is 6.92 Å². The zero-order valence-electron chi connectivity index (χ0n) is 13.5. The van der Waals surface area contributed by atoms with Crippen LogP contribution in [0.3, 0.4) is 0 Å². The number of amides is 1. The summed E-state index contributed by atoms with van der Waals surface area (Å²) in [4.78, 5) is 21.0. The minimum Gasteiger partial charge on any atom is -0.492 e. The molecule has 0 aliphatic rings. The van der Waals surface area contributed by atoms with E-state index in [0.29, 0.717) is 13.2 Å². The first-order valence-electron chi connectivity index (χ1n) is 7.28. The topological polar surface area (TPSA) is 79.4 Å². The lowest BCUT2D eigenvalue weighted by atomic mass is 10.3. The summed E-state index contributed by atoms with van der Waals surface area (Å²) in [5, 5.41) is 5.90. The molecule has 0 spiro atoms. The molecule has 1 amide bonds. The quantitative estimate of drug-likeness (QED) is 0.759. The van der Waals surface area contributed by atoms with Gasteiger partial charge in [0.05, 0.1) is 6.54 Å². The van der Waals surface area contributed by atoms with E-state index in [9.17, 15) is 4.79 Å². The molecule has 0 atom stereocenters. The molecule has 0 bridgehead atoms. The lowest BCUT2D eigenvalue weighted by Gasteiger charge is -2.12. The van der Waals surface area contributed by atoms with Gasteiger partial charge in [0.1, 0.15) is 30.3 Å². The van der Waals surface area contributed by atoms with Crippen molar-refractivity contribution in [3.63, 3.8) is 0 Å². The van der Waals surface area contributed by atoms with E-state index in [1.165, 1.54) is 13.3 Å². The average Bonchev–Trinajstić information content (AvgIpc) is 2.53. The van der Waals surface area contributed by atoms with Gasteiger partial charge in [-0.15, -0.1) is 0 Å². The summed E-state index contributed by atoms with van der Waals surface area (Å²) in [6, 6.07) is 9.42. The van der Waals surface area contributed by atoms with Crippen LogP contribution in [0.4, 0.5) is 17.3 Å². The maximum absolute atomic E-state index is 10.8. The number of carbonyl (C=O) groups is 1. The molecule has 2 rings (SSSR count). The van der Waals surface area contributed by atoms with Crippen LogP contribution in [0.5, 0.6) is 5.75 Å². The average molecular weight is 315 g/mol. The van der Waals surface area contributed by atoms with Crippen molar-refractivity contribution in [1.29, 1.82) is 0 Å². The van der Waals surface area contributed by atoms with E-state index >= 15 is 0 Å². The molecule has 2 aromatic rings. The first-order chi connectivity index (χ1) is 11.0. The third-order valence-corrected chi connectivity index (χ3v) is 2.98. The van der Waals surface area contributed by atoms with Gasteiger partial charge in [-0.25, -0.2) is 9.97 Å². The predicted octanol–water partition coefficient (Wildman–Crippen LogP) is 1.80. The molecular formula is C16H21N5O2. The van der Waals surface area contributed by atoms with E-state index in [1.807, 2.05) is 49.3 Å². The van der Waals surface area contributed by atoms with Crippen molar-refractivity contribution in [2.45, 2.75) is 6.92 Å². The Morgan fingerprint density at radius 1 is 1.22 bits per heavy atom. The van der Waals surface area contributed by atoms with Crippen LogP contribution in [-0.4, -0.2) is 43.1 Å². The second-order valence-electron chi connectivity index (χ2n) is 5.14. The molecule has 0 fully saturated rings. The predicted molar refractivity (Wildman–Crippen MR) is 90.3 cm³/mol. The van der Waals surface area contributed by atoms with Crippen molar-refractivity contribution < 1.29 is 9.53 Å². The van der Waals surface area contributed by atoms with Crippen molar-refractivity contribution in [3.8, 4) is 5.75 Å². The summed E-state index contributed by atoms with van der Waals surface area (Å²) < 4.78 is 5.54. The van der Waals surface area contributed by atoms with Gasteiger partial charge in [-0.3, -0.25) is 4.79 Å². The van der Waals surface area contributed by atoms with Crippen molar-refractivity contribution in [3.05, 3.63) is 36.7 Å². The first-order valence-corrected chi connectivity index (χ1v) is 7.28. The zero-order valence-corrected chi connectivity index (χ0v) is 13.5. The monoisotopic (exact) mass is 315 g/mol. The number of anilines is 3. The van der Waals surface area contributed by atoms with Crippen LogP contribution in [0.25, 0.3) is 0 Å². The minimum absolute atomic E-state index is 0.0601. The van der Waals surface area contributed by atoms with Crippen molar-refractivity contribution in [2.24, 2.45) is 0 Å². The van der Waals surface area contributed by atoms with E-state index in [2.05, 4.69) is 20.6 Å². The van der Waals surface area contributed by atoms with Crippen LogP contribution in [0.15, 0.2) is 36.7 Å². The summed E-state index contributed by atoms with van der Waals surface area (Å²) >= 11 is 0. The first kappa shape index (κ1) is 16.5. The number of nitrogens with one attached hydrogen (secondary N) is 2. The SMILES string of the molecule is CC(=O)NCCOc1ccc(Nc2cc(N(C)C)ncn2)cc1. The molecule has 1 aromatic carbocycles. The molecule has 0 aliphatic carbocycles. The van der Waals surface area contributed by atoms with E-state index in [0.717, 1.165) is 23.1 Å². The Labute approximate surface area is 135 Å². The highest BCUT2D eigenvalue weighted by Gasteiger charge is 2.02. The Balaban J connectivity index is 1.89. The summed E-state index contributed by atoms with van der Waals surface area (Å²) in [6.45, 7) is 2.41. The zero-order chi connectivity index (χ0) is 16.7. The largest absolute Gasteiger partial charge is 0.492 e. The number of hydrogen-bond donors (Lipinski definition) is 2.